The number of benzene rings is 1. The van der Waals surface area contributed by atoms with Gasteiger partial charge >= 0.3 is 0 Å². The average Bonchev–Trinajstić information content (AvgIpc) is 2.41. The van der Waals surface area contributed by atoms with Crippen molar-refractivity contribution < 1.29 is 0 Å². The summed E-state index contributed by atoms with van der Waals surface area (Å²) in [6, 6.07) is 9.16. The number of hydrogen-bond acceptors (Lipinski definition) is 3. The van der Waals surface area contributed by atoms with Crippen molar-refractivity contribution in [2.45, 2.75) is 43.3 Å². The lowest BCUT2D eigenvalue weighted by Crippen LogP contribution is -2.44. The molecule has 1 aliphatic rings. The minimum absolute atomic E-state index is 0.295. The summed E-state index contributed by atoms with van der Waals surface area (Å²) in [4.78, 5) is 6.40. The molecule has 0 atom stereocenters. The van der Waals surface area contributed by atoms with Crippen molar-refractivity contribution in [3.8, 4) is 0 Å². The monoisotopic (exact) mass is 306 g/mol. The molecule has 0 saturated carbocycles. The maximum Gasteiger partial charge on any atom is 0.0122 e. The quantitative estimate of drug-likeness (QED) is 0.765. The van der Waals surface area contributed by atoms with Crippen molar-refractivity contribution in [1.82, 2.24) is 9.80 Å². The third kappa shape index (κ3) is 6.41. The van der Waals surface area contributed by atoms with Crippen LogP contribution in [0.25, 0.3) is 0 Å². The zero-order chi connectivity index (χ0) is 15.3. The molecule has 2 nitrogen and oxygen atoms in total. The van der Waals surface area contributed by atoms with Crippen LogP contribution in [0.4, 0.5) is 0 Å². The lowest BCUT2D eigenvalue weighted by molar-refractivity contribution is 0.153. The predicted octanol–water partition coefficient (Wildman–Crippen LogP) is 3.76. The lowest BCUT2D eigenvalue weighted by atomic mass is 10.1. The molecule has 1 aromatic rings. The zero-order valence-electron chi connectivity index (χ0n) is 14.1. The third-order valence-corrected chi connectivity index (χ3v) is 5.00. The van der Waals surface area contributed by atoms with Gasteiger partial charge in [-0.25, -0.2) is 0 Å². The van der Waals surface area contributed by atoms with Crippen LogP contribution in [0, 0.1) is 0 Å². The van der Waals surface area contributed by atoms with Gasteiger partial charge in [0.1, 0.15) is 0 Å². The highest BCUT2D eigenvalue weighted by molar-refractivity contribution is 8.00. The van der Waals surface area contributed by atoms with E-state index in [9.17, 15) is 0 Å². The Balaban J connectivity index is 1.71. The second kappa shape index (κ2) is 7.66. The van der Waals surface area contributed by atoms with Crippen LogP contribution < -0.4 is 0 Å². The van der Waals surface area contributed by atoms with Crippen LogP contribution in [0.1, 0.15) is 32.8 Å². The van der Waals surface area contributed by atoms with E-state index in [-0.39, 0.29) is 0 Å². The normalized spacial score (nSPS) is 18.1. The van der Waals surface area contributed by atoms with E-state index in [1.54, 1.807) is 0 Å². The Labute approximate surface area is 134 Å². The molecule has 0 unspecified atom stereocenters. The SMILES string of the molecule is CN1CCN(CCCc2ccc(SC(C)(C)C)cc2)CC1. The van der Waals surface area contributed by atoms with E-state index in [1.807, 2.05) is 11.8 Å². The number of hydrogen-bond donors (Lipinski definition) is 0. The van der Waals surface area contributed by atoms with E-state index in [4.69, 9.17) is 0 Å². The van der Waals surface area contributed by atoms with Crippen LogP contribution in [0.15, 0.2) is 29.2 Å². The van der Waals surface area contributed by atoms with E-state index in [0.717, 1.165) is 0 Å². The summed E-state index contributed by atoms with van der Waals surface area (Å²) in [5.74, 6) is 0. The van der Waals surface area contributed by atoms with Gasteiger partial charge in [0.05, 0.1) is 0 Å². The highest BCUT2D eigenvalue weighted by atomic mass is 32.2. The molecule has 0 aliphatic carbocycles. The van der Waals surface area contributed by atoms with Gasteiger partial charge < -0.3 is 9.80 Å². The molecular formula is C18H30N2S. The zero-order valence-corrected chi connectivity index (χ0v) is 14.9. The standard InChI is InChI=1S/C18H30N2S/c1-18(2,3)21-17-9-7-16(8-10-17)6-5-11-20-14-12-19(4)13-15-20/h7-10H,5-6,11-15H2,1-4H3. The van der Waals surface area contributed by atoms with Gasteiger partial charge in [-0.05, 0) is 44.1 Å². The van der Waals surface area contributed by atoms with Crippen molar-refractivity contribution >= 4 is 11.8 Å². The Morgan fingerprint density at radius 3 is 2.19 bits per heavy atom. The third-order valence-electron chi connectivity index (χ3n) is 3.88. The van der Waals surface area contributed by atoms with Crippen molar-refractivity contribution in [1.29, 1.82) is 0 Å². The fraction of sp³-hybridized carbons (Fsp3) is 0.667. The fourth-order valence-electron chi connectivity index (χ4n) is 2.66. The van der Waals surface area contributed by atoms with E-state index in [0.29, 0.717) is 4.75 Å². The molecule has 0 radical (unpaired) electrons. The summed E-state index contributed by atoms with van der Waals surface area (Å²) in [6.07, 6.45) is 2.47. The number of likely N-dealkylation sites (N-methyl/N-ethyl adjacent to an activating group) is 1. The molecule has 21 heavy (non-hydrogen) atoms. The Morgan fingerprint density at radius 2 is 1.62 bits per heavy atom. The van der Waals surface area contributed by atoms with Gasteiger partial charge in [-0.2, -0.15) is 0 Å². The molecule has 1 aliphatic heterocycles. The van der Waals surface area contributed by atoms with Gasteiger partial charge in [0.2, 0.25) is 0 Å². The number of nitrogens with zero attached hydrogens (tertiary/aromatic N) is 2. The lowest BCUT2D eigenvalue weighted by Gasteiger charge is -2.32. The molecule has 118 valence electrons. The molecular weight excluding hydrogens is 276 g/mol. The highest BCUT2D eigenvalue weighted by Gasteiger charge is 2.13. The number of thioether (sulfide) groups is 1. The Kier molecular flexibility index (Phi) is 6.15. The van der Waals surface area contributed by atoms with Crippen LogP contribution in [0.2, 0.25) is 0 Å². The van der Waals surface area contributed by atoms with Crippen LogP contribution >= 0.6 is 11.8 Å². The first kappa shape index (κ1) is 16.9. The maximum atomic E-state index is 2.60. The molecule has 0 amide bonds. The van der Waals surface area contributed by atoms with Crippen molar-refractivity contribution in [2.24, 2.45) is 0 Å². The number of aryl methyl sites for hydroxylation is 1. The smallest absolute Gasteiger partial charge is 0.0122 e. The summed E-state index contributed by atoms with van der Waals surface area (Å²) < 4.78 is 0.295. The van der Waals surface area contributed by atoms with Crippen molar-refractivity contribution in [3.05, 3.63) is 29.8 Å². The second-order valence-electron chi connectivity index (χ2n) is 7.11. The van der Waals surface area contributed by atoms with Gasteiger partial charge in [-0.3, -0.25) is 0 Å². The maximum absolute atomic E-state index is 2.60. The molecule has 1 heterocycles. The molecule has 3 heteroatoms. The molecule has 1 fully saturated rings. The average molecular weight is 307 g/mol. The molecule has 0 aromatic heterocycles. The molecule has 0 bridgehead atoms. The van der Waals surface area contributed by atoms with Crippen LogP contribution in [0.5, 0.6) is 0 Å². The molecule has 1 saturated heterocycles. The minimum atomic E-state index is 0.295. The summed E-state index contributed by atoms with van der Waals surface area (Å²) in [6.45, 7) is 12.9. The Hall–Kier alpha value is -0.510. The van der Waals surface area contributed by atoms with E-state index >= 15 is 0 Å². The molecule has 0 spiro atoms. The predicted molar refractivity (Wildman–Crippen MR) is 94.3 cm³/mol. The Bertz CT molecular complexity index is 414. The van der Waals surface area contributed by atoms with Crippen LogP contribution in [-0.4, -0.2) is 54.3 Å². The van der Waals surface area contributed by atoms with Crippen LogP contribution in [-0.2, 0) is 6.42 Å². The van der Waals surface area contributed by atoms with Gasteiger partial charge in [0.15, 0.2) is 0 Å². The summed E-state index contributed by atoms with van der Waals surface area (Å²) >= 11 is 1.94. The molecule has 1 aromatic carbocycles. The van der Waals surface area contributed by atoms with Gasteiger partial charge in [-0.15, -0.1) is 11.8 Å². The summed E-state index contributed by atoms with van der Waals surface area (Å²) in [7, 11) is 2.22. The number of piperazine rings is 1. The van der Waals surface area contributed by atoms with Crippen LogP contribution in [0.3, 0.4) is 0 Å². The van der Waals surface area contributed by atoms with E-state index < -0.39 is 0 Å². The summed E-state index contributed by atoms with van der Waals surface area (Å²) in [5, 5.41) is 0. The van der Waals surface area contributed by atoms with E-state index in [2.05, 4.69) is 61.9 Å². The minimum Gasteiger partial charge on any atom is -0.304 e. The molecule has 2 rings (SSSR count). The van der Waals surface area contributed by atoms with Gasteiger partial charge in [-0.1, -0.05) is 32.9 Å². The van der Waals surface area contributed by atoms with Crippen molar-refractivity contribution in [2.75, 3.05) is 39.8 Å². The summed E-state index contributed by atoms with van der Waals surface area (Å²) in [5.41, 5.74) is 1.47. The Morgan fingerprint density at radius 1 is 1.00 bits per heavy atom. The fourth-order valence-corrected chi connectivity index (χ4v) is 3.64. The molecule has 0 N–H and O–H groups in total. The second-order valence-corrected chi connectivity index (χ2v) is 9.01. The first-order valence-corrected chi connectivity index (χ1v) is 8.93. The van der Waals surface area contributed by atoms with E-state index in [1.165, 1.54) is 56.0 Å². The first-order valence-electron chi connectivity index (χ1n) is 8.11. The first-order chi connectivity index (χ1) is 9.92. The largest absolute Gasteiger partial charge is 0.304 e. The number of rotatable bonds is 5. The highest BCUT2D eigenvalue weighted by Crippen LogP contribution is 2.31. The van der Waals surface area contributed by atoms with Gasteiger partial charge in [0, 0.05) is 35.8 Å². The topological polar surface area (TPSA) is 6.48 Å². The van der Waals surface area contributed by atoms with Crippen molar-refractivity contribution in [3.63, 3.8) is 0 Å². The van der Waals surface area contributed by atoms with Gasteiger partial charge in [0.25, 0.3) is 0 Å².